The molecule has 0 aromatic rings. The summed E-state index contributed by atoms with van der Waals surface area (Å²) >= 11 is 4.12. The van der Waals surface area contributed by atoms with E-state index in [-0.39, 0.29) is 0 Å². The molecule has 0 saturated heterocycles. The molecule has 1 atom stereocenters. The molecule has 0 amide bonds. The van der Waals surface area contributed by atoms with E-state index in [1.165, 1.54) is 0 Å². The van der Waals surface area contributed by atoms with Gasteiger partial charge in [-0.1, -0.05) is 6.92 Å². The minimum absolute atomic E-state index is 0.370. The summed E-state index contributed by atoms with van der Waals surface area (Å²) in [5.41, 5.74) is 0. The van der Waals surface area contributed by atoms with E-state index in [9.17, 15) is 0 Å². The van der Waals surface area contributed by atoms with Crippen molar-refractivity contribution < 1.29 is 0 Å². The number of thiol groups is 1. The number of nitrogens with two attached hydrogens (primary N) is 1. The van der Waals surface area contributed by atoms with Gasteiger partial charge in [-0.2, -0.15) is 12.6 Å². The van der Waals surface area contributed by atoms with E-state index in [0.717, 1.165) is 6.54 Å². The first-order valence-corrected chi connectivity index (χ1v) is 2.78. The second-order valence-electron chi connectivity index (χ2n) is 1.79. The van der Waals surface area contributed by atoms with E-state index in [2.05, 4.69) is 12.6 Å². The average molecular weight is 120 g/mol. The molecule has 44 valence electrons. The maximum Gasteiger partial charge on any atom is 0.0239 e. The first-order chi connectivity index (χ1) is 3.13. The van der Waals surface area contributed by atoms with Crippen molar-refractivity contribution in [3.8, 4) is 0 Å². The Morgan fingerprint density at radius 2 is 2.29 bits per heavy atom. The Bertz CT molecular complexity index is 39.0. The van der Waals surface area contributed by atoms with Crippen LogP contribution in [-0.4, -0.2) is 23.9 Å². The zero-order chi connectivity index (χ0) is 5.86. The lowest BCUT2D eigenvalue weighted by Crippen LogP contribution is -2.30. The number of nitrogens with zero attached hydrogens (tertiary/aromatic N) is 1. The highest BCUT2D eigenvalue weighted by molar-refractivity contribution is 7.80. The third-order valence-electron chi connectivity index (χ3n) is 0.552. The second kappa shape index (κ2) is 3.29. The molecule has 0 aliphatic carbocycles. The molecule has 2 nitrogen and oxygen atoms in total. The topological polar surface area (TPSA) is 29.3 Å². The third-order valence-corrected chi connectivity index (χ3v) is 0.716. The molecule has 3 heteroatoms. The Kier molecular flexibility index (Phi) is 3.42. The summed E-state index contributed by atoms with van der Waals surface area (Å²) < 4.78 is 0. The number of rotatable bonds is 2. The van der Waals surface area contributed by atoms with Gasteiger partial charge < -0.3 is 0 Å². The van der Waals surface area contributed by atoms with Crippen LogP contribution in [0.2, 0.25) is 0 Å². The first-order valence-electron chi connectivity index (χ1n) is 2.27. The molecule has 0 saturated carbocycles. The standard InChI is InChI=1S/C4H12N2S/c1-4(7)3-6(2)5/h4,7H,3,5H2,1-2H3. The van der Waals surface area contributed by atoms with E-state index >= 15 is 0 Å². The van der Waals surface area contributed by atoms with Gasteiger partial charge in [0.05, 0.1) is 0 Å². The Balaban J connectivity index is 2.95. The van der Waals surface area contributed by atoms with Crippen molar-refractivity contribution in [2.75, 3.05) is 13.6 Å². The Hall–Kier alpha value is 0.270. The van der Waals surface area contributed by atoms with Gasteiger partial charge in [-0.15, -0.1) is 0 Å². The summed E-state index contributed by atoms with van der Waals surface area (Å²) in [7, 11) is 1.83. The molecule has 7 heavy (non-hydrogen) atoms. The van der Waals surface area contributed by atoms with Crippen molar-refractivity contribution in [2.24, 2.45) is 5.84 Å². The maximum absolute atomic E-state index is 5.28. The SMILES string of the molecule is CC(S)CN(C)N. The molecule has 0 bridgehead atoms. The van der Waals surface area contributed by atoms with Crippen LogP contribution in [0.25, 0.3) is 0 Å². The van der Waals surface area contributed by atoms with Crippen molar-refractivity contribution in [3.63, 3.8) is 0 Å². The highest BCUT2D eigenvalue weighted by Crippen LogP contribution is 1.90. The fraction of sp³-hybridized carbons (Fsp3) is 1.00. The largest absolute Gasteiger partial charge is 0.269 e. The first kappa shape index (κ1) is 7.27. The molecule has 0 rings (SSSR count). The van der Waals surface area contributed by atoms with Gasteiger partial charge in [0.25, 0.3) is 0 Å². The lowest BCUT2D eigenvalue weighted by Gasteiger charge is -2.10. The predicted molar refractivity (Wildman–Crippen MR) is 35.3 cm³/mol. The molecule has 0 heterocycles. The molecule has 0 aliphatic rings. The molecule has 0 fully saturated rings. The Morgan fingerprint density at radius 3 is 2.29 bits per heavy atom. The molecular formula is C4H12N2S. The number of hydrazine groups is 1. The minimum atomic E-state index is 0.370. The van der Waals surface area contributed by atoms with Crippen molar-refractivity contribution in [1.29, 1.82) is 0 Å². The molecule has 0 radical (unpaired) electrons. The summed E-state index contributed by atoms with van der Waals surface area (Å²) in [5, 5.41) is 1.99. The van der Waals surface area contributed by atoms with Crippen molar-refractivity contribution in [2.45, 2.75) is 12.2 Å². The van der Waals surface area contributed by atoms with Gasteiger partial charge in [-0.3, -0.25) is 5.84 Å². The quantitative estimate of drug-likeness (QED) is 0.308. The smallest absolute Gasteiger partial charge is 0.0239 e. The van der Waals surface area contributed by atoms with Gasteiger partial charge in [0, 0.05) is 18.8 Å². The van der Waals surface area contributed by atoms with Crippen LogP contribution in [0.1, 0.15) is 6.92 Å². The normalized spacial score (nSPS) is 15.0. The fourth-order valence-electron chi connectivity index (χ4n) is 0.417. The molecule has 0 aromatic heterocycles. The molecule has 0 aliphatic heterocycles. The van der Waals surface area contributed by atoms with Crippen LogP contribution in [0.3, 0.4) is 0 Å². The molecule has 1 unspecified atom stereocenters. The van der Waals surface area contributed by atoms with Crippen molar-refractivity contribution in [3.05, 3.63) is 0 Å². The van der Waals surface area contributed by atoms with Crippen LogP contribution in [0.15, 0.2) is 0 Å². The molecular weight excluding hydrogens is 108 g/mol. The number of hydrogen-bond donors (Lipinski definition) is 2. The zero-order valence-corrected chi connectivity index (χ0v) is 5.65. The fourth-order valence-corrected chi connectivity index (χ4v) is 0.674. The van der Waals surface area contributed by atoms with Crippen LogP contribution in [0.5, 0.6) is 0 Å². The summed E-state index contributed by atoms with van der Waals surface area (Å²) in [6.07, 6.45) is 0. The van der Waals surface area contributed by atoms with Gasteiger partial charge in [0.2, 0.25) is 0 Å². The van der Waals surface area contributed by atoms with Gasteiger partial charge in [0.1, 0.15) is 0 Å². The monoisotopic (exact) mass is 120 g/mol. The van der Waals surface area contributed by atoms with Crippen LogP contribution < -0.4 is 5.84 Å². The van der Waals surface area contributed by atoms with E-state index < -0.39 is 0 Å². The zero-order valence-electron chi connectivity index (χ0n) is 4.76. The van der Waals surface area contributed by atoms with E-state index in [4.69, 9.17) is 5.84 Å². The van der Waals surface area contributed by atoms with Crippen LogP contribution >= 0.6 is 12.6 Å². The van der Waals surface area contributed by atoms with E-state index in [0.29, 0.717) is 5.25 Å². The molecule has 0 spiro atoms. The van der Waals surface area contributed by atoms with Crippen LogP contribution in [-0.2, 0) is 0 Å². The highest BCUT2D eigenvalue weighted by Gasteiger charge is 1.93. The minimum Gasteiger partial charge on any atom is -0.269 e. The summed E-state index contributed by atoms with van der Waals surface area (Å²) in [4.78, 5) is 0. The lowest BCUT2D eigenvalue weighted by atomic mass is 10.5. The molecule has 2 N–H and O–H groups in total. The molecule has 0 aromatic carbocycles. The summed E-state index contributed by atoms with van der Waals surface area (Å²) in [5.74, 6) is 5.28. The summed E-state index contributed by atoms with van der Waals surface area (Å²) in [6.45, 7) is 2.84. The van der Waals surface area contributed by atoms with Gasteiger partial charge in [-0.05, 0) is 0 Å². The van der Waals surface area contributed by atoms with E-state index in [1.807, 2.05) is 14.0 Å². The average Bonchev–Trinajstić information content (AvgIpc) is 1.27. The van der Waals surface area contributed by atoms with Crippen molar-refractivity contribution in [1.82, 2.24) is 5.01 Å². The van der Waals surface area contributed by atoms with Crippen molar-refractivity contribution >= 4 is 12.6 Å². The predicted octanol–water partition coefficient (Wildman–Crippen LogP) is 0.110. The Labute approximate surface area is 50.1 Å². The second-order valence-corrected chi connectivity index (χ2v) is 2.67. The number of hydrogen-bond acceptors (Lipinski definition) is 3. The lowest BCUT2D eigenvalue weighted by molar-refractivity contribution is 0.354. The van der Waals surface area contributed by atoms with Crippen LogP contribution in [0.4, 0.5) is 0 Å². The van der Waals surface area contributed by atoms with E-state index in [1.54, 1.807) is 5.01 Å². The van der Waals surface area contributed by atoms with Gasteiger partial charge in [-0.25, -0.2) is 5.01 Å². The third kappa shape index (κ3) is 6.27. The summed E-state index contributed by atoms with van der Waals surface area (Å²) in [6, 6.07) is 0. The van der Waals surface area contributed by atoms with Crippen LogP contribution in [0, 0.1) is 0 Å². The van der Waals surface area contributed by atoms with Gasteiger partial charge in [0.15, 0.2) is 0 Å². The van der Waals surface area contributed by atoms with Gasteiger partial charge >= 0.3 is 0 Å². The maximum atomic E-state index is 5.28. The highest BCUT2D eigenvalue weighted by atomic mass is 32.1. The Morgan fingerprint density at radius 1 is 1.86 bits per heavy atom.